The molecule has 0 spiro atoms. The topological polar surface area (TPSA) is 93.3 Å². The van der Waals surface area contributed by atoms with Crippen molar-refractivity contribution in [3.05, 3.63) is 34.7 Å². The van der Waals surface area contributed by atoms with E-state index in [-0.39, 0.29) is 30.0 Å². The maximum Gasteiger partial charge on any atom is 0.328 e. The van der Waals surface area contributed by atoms with Crippen molar-refractivity contribution in [1.29, 1.82) is 0 Å². The van der Waals surface area contributed by atoms with Crippen molar-refractivity contribution in [2.24, 2.45) is 13.0 Å². The number of carbonyl (C=O) groups excluding carboxylic acids is 1. The molecule has 0 aliphatic heterocycles. The Kier molecular flexibility index (Phi) is 4.92. The first-order valence-electron chi connectivity index (χ1n) is 8.64. The zero-order chi connectivity index (χ0) is 18.0. The number of nitrogens with zero attached hydrogens (tertiary/aromatic N) is 2. The second kappa shape index (κ2) is 7.13. The molecule has 1 amide bonds. The van der Waals surface area contributed by atoms with Gasteiger partial charge in [-0.2, -0.15) is 0 Å². The second-order valence-electron chi connectivity index (χ2n) is 6.69. The number of benzene rings is 1. The minimum atomic E-state index is -0.750. The number of nitrogens with one attached hydrogen (secondary N) is 1. The van der Waals surface area contributed by atoms with Crippen LogP contribution in [-0.2, 0) is 23.2 Å². The van der Waals surface area contributed by atoms with Gasteiger partial charge in [0.05, 0.1) is 17.0 Å². The highest BCUT2D eigenvalue weighted by molar-refractivity contribution is 5.78. The summed E-state index contributed by atoms with van der Waals surface area (Å²) in [6, 6.07) is 7.55. The summed E-state index contributed by atoms with van der Waals surface area (Å²) in [5.41, 5.74) is 1.54. The van der Waals surface area contributed by atoms with Crippen molar-refractivity contribution in [3.63, 3.8) is 0 Å². The van der Waals surface area contributed by atoms with Gasteiger partial charge in [-0.05, 0) is 37.8 Å². The summed E-state index contributed by atoms with van der Waals surface area (Å²) < 4.78 is 3.21. The number of fused-ring (bicyclic) bond motifs is 1. The number of aromatic nitrogens is 2. The third kappa shape index (κ3) is 3.60. The molecule has 1 fully saturated rings. The maximum atomic E-state index is 12.3. The van der Waals surface area contributed by atoms with E-state index in [1.807, 2.05) is 24.3 Å². The third-order valence-corrected chi connectivity index (χ3v) is 5.06. The molecule has 7 heteroatoms. The van der Waals surface area contributed by atoms with Crippen LogP contribution in [0.15, 0.2) is 29.1 Å². The Morgan fingerprint density at radius 1 is 1.16 bits per heavy atom. The van der Waals surface area contributed by atoms with E-state index in [2.05, 4.69) is 5.32 Å². The fraction of sp³-hybridized carbons (Fsp3) is 0.500. The highest BCUT2D eigenvalue weighted by atomic mass is 16.4. The Hall–Kier alpha value is -2.57. The summed E-state index contributed by atoms with van der Waals surface area (Å²) in [6.07, 6.45) is 2.81. The number of aryl methyl sites for hydroxylation is 2. The summed E-state index contributed by atoms with van der Waals surface area (Å²) in [5, 5.41) is 12.0. The van der Waals surface area contributed by atoms with Crippen LogP contribution in [0.4, 0.5) is 0 Å². The largest absolute Gasteiger partial charge is 0.481 e. The van der Waals surface area contributed by atoms with E-state index in [1.165, 1.54) is 0 Å². The van der Waals surface area contributed by atoms with E-state index in [0.717, 1.165) is 11.0 Å². The lowest BCUT2D eigenvalue weighted by Gasteiger charge is -2.26. The summed E-state index contributed by atoms with van der Waals surface area (Å²) in [7, 11) is 1.72. The van der Waals surface area contributed by atoms with Gasteiger partial charge in [-0.1, -0.05) is 12.1 Å². The number of carboxylic acid groups (broad SMARTS) is 1. The number of amides is 1. The Balaban J connectivity index is 1.58. The van der Waals surface area contributed by atoms with Crippen LogP contribution in [0.2, 0.25) is 0 Å². The van der Waals surface area contributed by atoms with E-state index >= 15 is 0 Å². The predicted octanol–water partition coefficient (Wildman–Crippen LogP) is 1.49. The highest BCUT2D eigenvalue weighted by Gasteiger charge is 2.26. The standard InChI is InChI=1S/C18H23N3O4/c1-20-14-4-2-3-5-15(14)21(18(20)25)11-10-16(22)19-13-8-6-12(7-9-13)17(23)24/h2-5,12-13H,6-11H2,1H3,(H,19,22)(H,23,24). The smallest absolute Gasteiger partial charge is 0.328 e. The van der Waals surface area contributed by atoms with Crippen molar-refractivity contribution in [1.82, 2.24) is 14.5 Å². The summed E-state index contributed by atoms with van der Waals surface area (Å²) in [4.78, 5) is 35.5. The highest BCUT2D eigenvalue weighted by Crippen LogP contribution is 2.24. The van der Waals surface area contributed by atoms with Gasteiger partial charge < -0.3 is 10.4 Å². The van der Waals surface area contributed by atoms with E-state index in [0.29, 0.717) is 32.2 Å². The lowest BCUT2D eigenvalue weighted by molar-refractivity contribution is -0.142. The second-order valence-corrected chi connectivity index (χ2v) is 6.69. The van der Waals surface area contributed by atoms with Crippen LogP contribution >= 0.6 is 0 Å². The van der Waals surface area contributed by atoms with Gasteiger partial charge in [-0.15, -0.1) is 0 Å². The van der Waals surface area contributed by atoms with E-state index in [4.69, 9.17) is 5.11 Å². The van der Waals surface area contributed by atoms with Crippen molar-refractivity contribution in [3.8, 4) is 0 Å². The van der Waals surface area contributed by atoms with Crippen LogP contribution in [0.1, 0.15) is 32.1 Å². The first-order chi connectivity index (χ1) is 12.0. The number of carbonyl (C=O) groups is 2. The molecule has 0 unspecified atom stereocenters. The number of rotatable bonds is 5. The first-order valence-corrected chi connectivity index (χ1v) is 8.64. The number of hydrogen-bond donors (Lipinski definition) is 2. The SMILES string of the molecule is Cn1c(=O)n(CCC(=O)NC2CCC(C(=O)O)CC2)c2ccccc21. The summed E-state index contributed by atoms with van der Waals surface area (Å²) in [5.74, 6) is -1.14. The van der Waals surface area contributed by atoms with Crippen molar-refractivity contribution < 1.29 is 14.7 Å². The van der Waals surface area contributed by atoms with Crippen molar-refractivity contribution in [2.75, 3.05) is 0 Å². The monoisotopic (exact) mass is 345 g/mol. The van der Waals surface area contributed by atoms with E-state index in [1.54, 1.807) is 16.2 Å². The summed E-state index contributed by atoms with van der Waals surface area (Å²) in [6.45, 7) is 0.330. The molecule has 0 radical (unpaired) electrons. The maximum absolute atomic E-state index is 12.3. The molecule has 134 valence electrons. The van der Waals surface area contributed by atoms with Gasteiger partial charge in [0.2, 0.25) is 5.91 Å². The normalized spacial score (nSPS) is 20.5. The van der Waals surface area contributed by atoms with Crippen LogP contribution in [-0.4, -0.2) is 32.2 Å². The minimum Gasteiger partial charge on any atom is -0.481 e. The lowest BCUT2D eigenvalue weighted by Crippen LogP contribution is -2.39. The van der Waals surface area contributed by atoms with Gasteiger partial charge >= 0.3 is 11.7 Å². The van der Waals surface area contributed by atoms with E-state index in [9.17, 15) is 14.4 Å². The Bertz CT molecular complexity index is 844. The fourth-order valence-corrected chi connectivity index (χ4v) is 3.58. The zero-order valence-electron chi connectivity index (χ0n) is 14.3. The molecule has 1 aromatic heterocycles. The van der Waals surface area contributed by atoms with Gasteiger partial charge in [-0.25, -0.2) is 4.79 Å². The van der Waals surface area contributed by atoms with Crippen LogP contribution < -0.4 is 11.0 Å². The average molecular weight is 345 g/mol. The molecule has 0 atom stereocenters. The number of carboxylic acids is 1. The lowest BCUT2D eigenvalue weighted by atomic mass is 9.86. The first kappa shape index (κ1) is 17.3. The van der Waals surface area contributed by atoms with Crippen LogP contribution in [0.3, 0.4) is 0 Å². The molecule has 2 aromatic rings. The van der Waals surface area contributed by atoms with Gasteiger partial charge in [0.15, 0.2) is 0 Å². The van der Waals surface area contributed by atoms with Crippen molar-refractivity contribution >= 4 is 22.9 Å². The van der Waals surface area contributed by atoms with Gasteiger partial charge in [0, 0.05) is 26.1 Å². The molecule has 1 aliphatic rings. The molecule has 1 saturated carbocycles. The van der Waals surface area contributed by atoms with Gasteiger partial charge in [-0.3, -0.25) is 18.7 Å². The number of imidazole rings is 1. The average Bonchev–Trinajstić information content (AvgIpc) is 2.85. The number of hydrogen-bond acceptors (Lipinski definition) is 3. The fourth-order valence-electron chi connectivity index (χ4n) is 3.58. The molecular weight excluding hydrogens is 322 g/mol. The molecule has 25 heavy (non-hydrogen) atoms. The number of para-hydroxylation sites is 2. The molecule has 1 aliphatic carbocycles. The van der Waals surface area contributed by atoms with Crippen molar-refractivity contribution in [2.45, 2.75) is 44.7 Å². The molecular formula is C18H23N3O4. The van der Waals surface area contributed by atoms with Crippen LogP contribution in [0, 0.1) is 5.92 Å². The molecule has 0 saturated heterocycles. The molecule has 2 N–H and O–H groups in total. The molecule has 0 bridgehead atoms. The van der Waals surface area contributed by atoms with Gasteiger partial charge in [0.1, 0.15) is 0 Å². The zero-order valence-corrected chi connectivity index (χ0v) is 14.3. The number of aliphatic carboxylic acids is 1. The molecule has 3 rings (SSSR count). The summed E-state index contributed by atoms with van der Waals surface area (Å²) >= 11 is 0. The Morgan fingerprint density at radius 2 is 1.80 bits per heavy atom. The van der Waals surface area contributed by atoms with Gasteiger partial charge in [0.25, 0.3) is 0 Å². The quantitative estimate of drug-likeness (QED) is 0.858. The predicted molar refractivity (Wildman–Crippen MR) is 93.3 cm³/mol. The molecule has 1 heterocycles. The van der Waals surface area contributed by atoms with Crippen LogP contribution in [0.25, 0.3) is 11.0 Å². The van der Waals surface area contributed by atoms with Crippen LogP contribution in [0.5, 0.6) is 0 Å². The Morgan fingerprint density at radius 3 is 2.44 bits per heavy atom. The Labute approximate surface area is 145 Å². The minimum absolute atomic E-state index is 0.0346. The molecule has 1 aromatic carbocycles. The third-order valence-electron chi connectivity index (χ3n) is 5.06. The molecule has 7 nitrogen and oxygen atoms in total. The van der Waals surface area contributed by atoms with E-state index < -0.39 is 5.97 Å².